The summed E-state index contributed by atoms with van der Waals surface area (Å²) in [4.78, 5) is 47.7. The van der Waals surface area contributed by atoms with Gasteiger partial charge in [-0.15, -0.1) is 0 Å². The third-order valence-corrected chi connectivity index (χ3v) is 8.80. The number of benzene rings is 2. The van der Waals surface area contributed by atoms with E-state index in [-0.39, 0.29) is 17.7 Å². The standard InChI is InChI=1S/C35H48N4O3/c1-4-5-18-27(32(36)40)29(23-24(2)3)34(41)38-33-35(42)39(22-21-25-14-8-6-9-15-25)30-20-13-12-19-28(30)31(37-33)26-16-10-7-11-17-26/h7,10-13,16-17,19-20,24-25,27,29,33H,4-6,8-9,14-15,18,21-23H2,1-3H3,(H2,36,40)(H,38,41)/t27-,29+,33?/m0/s1. The van der Waals surface area contributed by atoms with E-state index >= 15 is 0 Å². The Morgan fingerprint density at radius 3 is 2.36 bits per heavy atom. The van der Waals surface area contributed by atoms with Crippen molar-refractivity contribution >= 4 is 29.1 Å². The van der Waals surface area contributed by atoms with E-state index < -0.39 is 23.9 Å². The number of rotatable bonds is 13. The van der Waals surface area contributed by atoms with Crippen LogP contribution in [0.4, 0.5) is 5.69 Å². The SMILES string of the molecule is CCCC[C@H](C(N)=O)[C@@H](CC(C)C)C(=O)NC1N=C(c2ccccc2)c2ccccc2N(CCC2CCCCC2)C1=O. The lowest BCUT2D eigenvalue weighted by Gasteiger charge is -2.30. The molecule has 0 aromatic heterocycles. The van der Waals surface area contributed by atoms with Gasteiger partial charge in [0.05, 0.1) is 11.4 Å². The van der Waals surface area contributed by atoms with Crippen molar-refractivity contribution in [3.8, 4) is 0 Å². The van der Waals surface area contributed by atoms with Crippen molar-refractivity contribution < 1.29 is 14.4 Å². The van der Waals surface area contributed by atoms with E-state index in [2.05, 4.69) is 12.2 Å². The molecular formula is C35H48N4O3. The molecule has 1 aliphatic heterocycles. The summed E-state index contributed by atoms with van der Waals surface area (Å²) in [6.45, 7) is 6.69. The average Bonchev–Trinajstić information content (AvgIpc) is 3.10. The van der Waals surface area contributed by atoms with Crippen LogP contribution in [0.15, 0.2) is 59.6 Å². The molecule has 1 aliphatic carbocycles. The highest BCUT2D eigenvalue weighted by atomic mass is 16.2. The molecule has 42 heavy (non-hydrogen) atoms. The van der Waals surface area contributed by atoms with E-state index in [4.69, 9.17) is 10.7 Å². The zero-order valence-electron chi connectivity index (χ0n) is 25.6. The Hall–Kier alpha value is -3.48. The predicted molar refractivity (Wildman–Crippen MR) is 169 cm³/mol. The minimum atomic E-state index is -1.11. The lowest BCUT2D eigenvalue weighted by atomic mass is 9.81. The number of fused-ring (bicyclic) bond motifs is 1. The molecule has 0 radical (unpaired) electrons. The van der Waals surface area contributed by atoms with Gasteiger partial charge in [-0.05, 0) is 37.2 Å². The molecule has 2 aliphatic rings. The number of primary amides is 1. The molecule has 226 valence electrons. The molecule has 1 heterocycles. The lowest BCUT2D eigenvalue weighted by molar-refractivity contribution is -0.136. The number of unbranched alkanes of at least 4 members (excludes halogenated alkanes) is 1. The molecule has 7 nitrogen and oxygen atoms in total. The highest BCUT2D eigenvalue weighted by molar-refractivity contribution is 6.20. The number of hydrogen-bond acceptors (Lipinski definition) is 4. The second kappa shape index (κ2) is 15.1. The number of amides is 3. The summed E-state index contributed by atoms with van der Waals surface area (Å²) in [5.74, 6) is -1.50. The van der Waals surface area contributed by atoms with Crippen LogP contribution in [0.25, 0.3) is 0 Å². The second-order valence-electron chi connectivity index (χ2n) is 12.4. The van der Waals surface area contributed by atoms with Gasteiger partial charge in [0.2, 0.25) is 18.0 Å². The van der Waals surface area contributed by atoms with Crippen molar-refractivity contribution in [2.75, 3.05) is 11.4 Å². The Bertz CT molecular complexity index is 1240. The zero-order valence-corrected chi connectivity index (χ0v) is 25.6. The molecule has 3 amide bonds. The van der Waals surface area contributed by atoms with Crippen LogP contribution in [0.1, 0.15) is 96.1 Å². The van der Waals surface area contributed by atoms with Crippen LogP contribution in [0, 0.1) is 23.7 Å². The van der Waals surface area contributed by atoms with Crippen molar-refractivity contribution in [3.05, 3.63) is 65.7 Å². The van der Waals surface area contributed by atoms with E-state index in [9.17, 15) is 14.4 Å². The van der Waals surface area contributed by atoms with Crippen molar-refractivity contribution in [1.29, 1.82) is 0 Å². The fraction of sp³-hybridized carbons (Fsp3) is 0.543. The maximum Gasteiger partial charge on any atom is 0.272 e. The number of hydrogen-bond donors (Lipinski definition) is 2. The van der Waals surface area contributed by atoms with Gasteiger partial charge in [0.15, 0.2) is 0 Å². The van der Waals surface area contributed by atoms with Gasteiger partial charge >= 0.3 is 0 Å². The summed E-state index contributed by atoms with van der Waals surface area (Å²) < 4.78 is 0. The molecule has 1 saturated carbocycles. The molecule has 1 fully saturated rings. The number of nitrogens with zero attached hydrogens (tertiary/aromatic N) is 2. The fourth-order valence-electron chi connectivity index (χ4n) is 6.54. The summed E-state index contributed by atoms with van der Waals surface area (Å²) in [5, 5.41) is 3.00. The van der Waals surface area contributed by atoms with E-state index in [0.29, 0.717) is 31.0 Å². The van der Waals surface area contributed by atoms with Crippen molar-refractivity contribution in [2.45, 2.75) is 91.1 Å². The molecule has 4 rings (SSSR count). The number of para-hydroxylation sites is 1. The predicted octanol–water partition coefficient (Wildman–Crippen LogP) is 6.24. The first-order valence-electron chi connectivity index (χ1n) is 15.9. The molecule has 1 unspecified atom stereocenters. The van der Waals surface area contributed by atoms with Gasteiger partial charge in [0, 0.05) is 29.5 Å². The van der Waals surface area contributed by atoms with E-state index in [1.165, 1.54) is 32.1 Å². The Labute approximate surface area is 251 Å². The zero-order chi connectivity index (χ0) is 30.1. The van der Waals surface area contributed by atoms with Crippen molar-refractivity contribution in [2.24, 2.45) is 34.4 Å². The third-order valence-electron chi connectivity index (χ3n) is 8.80. The Morgan fingerprint density at radius 1 is 1.00 bits per heavy atom. The highest BCUT2D eigenvalue weighted by Crippen LogP contribution is 2.32. The van der Waals surface area contributed by atoms with Gasteiger partial charge in [-0.3, -0.25) is 14.4 Å². The molecule has 2 aromatic rings. The van der Waals surface area contributed by atoms with Gasteiger partial charge in [0.1, 0.15) is 0 Å². The molecule has 7 heteroatoms. The average molecular weight is 573 g/mol. The minimum Gasteiger partial charge on any atom is -0.369 e. The van der Waals surface area contributed by atoms with Gasteiger partial charge in [0.25, 0.3) is 5.91 Å². The number of aliphatic imine (C=N–C) groups is 1. The monoisotopic (exact) mass is 572 g/mol. The maximum absolute atomic E-state index is 14.3. The fourth-order valence-corrected chi connectivity index (χ4v) is 6.54. The van der Waals surface area contributed by atoms with Crippen LogP contribution in [0.5, 0.6) is 0 Å². The first-order valence-corrected chi connectivity index (χ1v) is 15.9. The van der Waals surface area contributed by atoms with Crippen LogP contribution in [0.3, 0.4) is 0 Å². The van der Waals surface area contributed by atoms with Crippen LogP contribution in [0.2, 0.25) is 0 Å². The molecule has 0 bridgehead atoms. The molecule has 0 spiro atoms. The van der Waals surface area contributed by atoms with Crippen LogP contribution in [-0.2, 0) is 14.4 Å². The number of nitrogens with two attached hydrogens (primary N) is 1. The number of carbonyl (C=O) groups excluding carboxylic acids is 3. The lowest BCUT2D eigenvalue weighted by Crippen LogP contribution is -2.51. The Morgan fingerprint density at radius 2 is 1.69 bits per heavy atom. The molecule has 2 aromatic carbocycles. The van der Waals surface area contributed by atoms with Gasteiger partial charge in [-0.1, -0.05) is 114 Å². The van der Waals surface area contributed by atoms with Crippen LogP contribution >= 0.6 is 0 Å². The first kappa shape index (κ1) is 31.5. The molecule has 3 atom stereocenters. The van der Waals surface area contributed by atoms with Crippen LogP contribution < -0.4 is 16.0 Å². The normalized spacial score (nSPS) is 19.0. The largest absolute Gasteiger partial charge is 0.369 e. The van der Waals surface area contributed by atoms with E-state index in [1.54, 1.807) is 0 Å². The van der Waals surface area contributed by atoms with E-state index in [1.807, 2.05) is 73.3 Å². The Balaban J connectivity index is 1.71. The maximum atomic E-state index is 14.3. The Kier molecular flexibility index (Phi) is 11.3. The summed E-state index contributed by atoms with van der Waals surface area (Å²) in [5.41, 5.74) is 9.07. The summed E-state index contributed by atoms with van der Waals surface area (Å²) in [7, 11) is 0. The summed E-state index contributed by atoms with van der Waals surface area (Å²) in [6, 6.07) is 17.7. The summed E-state index contributed by atoms with van der Waals surface area (Å²) >= 11 is 0. The van der Waals surface area contributed by atoms with Gasteiger partial charge < -0.3 is 16.0 Å². The summed E-state index contributed by atoms with van der Waals surface area (Å²) in [6.07, 6.45) is 8.72. The minimum absolute atomic E-state index is 0.175. The number of benzodiazepines with no additional fused rings is 1. The number of carbonyl (C=O) groups is 3. The number of anilines is 1. The van der Waals surface area contributed by atoms with Crippen molar-refractivity contribution in [1.82, 2.24) is 5.32 Å². The molecule has 0 saturated heterocycles. The van der Waals surface area contributed by atoms with Gasteiger partial charge in [-0.25, -0.2) is 4.99 Å². The number of nitrogens with one attached hydrogen (secondary N) is 1. The molecule has 3 N–H and O–H groups in total. The molecular weight excluding hydrogens is 524 g/mol. The highest BCUT2D eigenvalue weighted by Gasteiger charge is 2.38. The topological polar surface area (TPSA) is 105 Å². The van der Waals surface area contributed by atoms with E-state index in [0.717, 1.165) is 36.1 Å². The van der Waals surface area contributed by atoms with Gasteiger partial charge in [-0.2, -0.15) is 0 Å². The second-order valence-corrected chi connectivity index (χ2v) is 12.4. The van der Waals surface area contributed by atoms with Crippen molar-refractivity contribution in [3.63, 3.8) is 0 Å². The first-order chi connectivity index (χ1) is 20.3. The third kappa shape index (κ3) is 7.87. The quantitative estimate of drug-likeness (QED) is 0.297. The smallest absolute Gasteiger partial charge is 0.272 e. The van der Waals surface area contributed by atoms with Crippen LogP contribution in [-0.4, -0.2) is 36.1 Å².